The van der Waals surface area contributed by atoms with Gasteiger partial charge in [-0.1, -0.05) is 268 Å². The monoisotopic (exact) mass is 1240 g/mol. The molecule has 420 valence electrons. The molecule has 0 unspecified atom stereocenters. The normalized spacial score (nSPS) is 11.2. The molecule has 0 heterocycles. The third-order valence-corrected chi connectivity index (χ3v) is 17.3. The zero-order valence-corrected chi connectivity index (χ0v) is 54.5. The van der Waals surface area contributed by atoms with Crippen LogP contribution in [0.5, 0.6) is 0 Å². The summed E-state index contributed by atoms with van der Waals surface area (Å²) in [6.45, 7) is 12.3. The molecule has 2 radical (unpaired) electrons. The van der Waals surface area contributed by atoms with Crippen molar-refractivity contribution >= 4 is 139 Å². The van der Waals surface area contributed by atoms with Gasteiger partial charge in [-0.05, 0) is 145 Å². The molecule has 0 saturated heterocycles. The zero-order valence-electron chi connectivity index (χ0n) is 49.4. The van der Waals surface area contributed by atoms with E-state index in [9.17, 15) is 0 Å². The Labute approximate surface area is 535 Å². The van der Waals surface area contributed by atoms with Crippen LogP contribution in [0.1, 0.15) is 50.7 Å². The van der Waals surface area contributed by atoms with Gasteiger partial charge in [-0.25, -0.2) is 0 Å². The van der Waals surface area contributed by atoms with Crippen molar-refractivity contribution in [2.24, 2.45) is 0 Å². The van der Waals surface area contributed by atoms with Gasteiger partial charge in [0.1, 0.15) is 0 Å². The molecule has 16 rings (SSSR count). The molecule has 16 aromatic carbocycles. The molecule has 16 aromatic rings. The van der Waals surface area contributed by atoms with E-state index in [1.165, 1.54) is 187 Å². The first-order valence-electron chi connectivity index (χ1n) is 28.7. The van der Waals surface area contributed by atoms with E-state index in [1.54, 1.807) is 0 Å². The maximum absolute atomic E-state index is 3.06. The van der Waals surface area contributed by atoms with Gasteiger partial charge < -0.3 is 14.9 Å². The van der Waals surface area contributed by atoms with Crippen molar-refractivity contribution < 1.29 is 23.3 Å². The summed E-state index contributed by atoms with van der Waals surface area (Å²) in [6.07, 6.45) is 0. The van der Waals surface area contributed by atoms with E-state index >= 15 is 0 Å². The summed E-state index contributed by atoms with van der Waals surface area (Å²) in [7, 11) is 0. The van der Waals surface area contributed by atoms with E-state index in [2.05, 4.69) is 301 Å². The number of hydrogen-bond acceptors (Lipinski definition) is 0. The summed E-state index contributed by atoms with van der Waals surface area (Å²) in [5.74, 6) is 0.892. The number of fused-ring (bicyclic) bond motifs is 10. The molecule has 86 heavy (non-hydrogen) atoms. The summed E-state index contributed by atoms with van der Waals surface area (Å²) >= 11 is 1.36. The molecule has 0 aliphatic rings. The van der Waals surface area contributed by atoms with Gasteiger partial charge >= 0.3 is 30.2 Å². The van der Waals surface area contributed by atoms with Crippen LogP contribution in [0.25, 0.3) is 152 Å². The van der Waals surface area contributed by atoms with Crippen molar-refractivity contribution in [1.29, 1.82) is 0 Å². The fourth-order valence-corrected chi connectivity index (χ4v) is 13.4. The van der Waals surface area contributed by atoms with E-state index in [4.69, 9.17) is 0 Å². The molecule has 0 bridgehead atoms. The van der Waals surface area contributed by atoms with E-state index in [-0.39, 0.29) is 39.7 Å². The molecule has 0 aliphatic heterocycles. The van der Waals surface area contributed by atoms with Gasteiger partial charge in [-0.2, -0.15) is 12.1 Å². The Bertz CT molecular complexity index is 4320. The Morgan fingerprint density at radius 2 is 0.442 bits per heavy atom. The number of rotatable bonds is 6. The summed E-state index contributed by atoms with van der Waals surface area (Å²) in [6, 6.07) is 99.2. The van der Waals surface area contributed by atoms with Crippen LogP contribution in [0.2, 0.25) is 0 Å². The van der Waals surface area contributed by atoms with Crippen molar-refractivity contribution in [3.8, 4) is 44.5 Å². The van der Waals surface area contributed by atoms with Crippen LogP contribution in [0.15, 0.2) is 267 Å². The molecular formula is C82H66Cl2SiZr-4. The van der Waals surface area contributed by atoms with Crippen molar-refractivity contribution in [2.75, 3.05) is 0 Å². The molecule has 4 heteroatoms. The van der Waals surface area contributed by atoms with E-state index in [1.807, 2.05) is 0 Å². The van der Waals surface area contributed by atoms with Crippen LogP contribution >= 0.6 is 24.8 Å². The number of halogens is 2. The van der Waals surface area contributed by atoms with Gasteiger partial charge in [0.2, 0.25) is 0 Å². The molecule has 0 nitrogen and oxygen atoms in total. The molecule has 0 aliphatic carbocycles. The standard InChI is InChI=1S/2C40H29.2CH3.2ClH.Si.Zr/c2*1-25(2)30-23-37-35(39-31-15-7-3-11-26(31)21-27-12-4-8-16-32(27)39)19-20-36(38(37)24-30)40-33-17-9-5-13-28(33)22-29-14-6-10-18-34(29)40;;;;;;/h2*3-25H,1-2H3;2*1H3;2*1H;;/q4*-1;;;;. The van der Waals surface area contributed by atoms with Gasteiger partial charge in [-0.15, -0.1) is 69.6 Å². The molecular weight excluding hydrogens is 1180 g/mol. The van der Waals surface area contributed by atoms with Crippen LogP contribution in [0.4, 0.5) is 0 Å². The topological polar surface area (TPSA) is 0 Å². The van der Waals surface area contributed by atoms with Crippen molar-refractivity contribution in [3.63, 3.8) is 0 Å². The number of hydrogen-bond donors (Lipinski definition) is 0. The second-order valence-electron chi connectivity index (χ2n) is 22.6. The second kappa shape index (κ2) is 25.6. The molecule has 0 aromatic heterocycles. The van der Waals surface area contributed by atoms with Gasteiger partial charge in [0.25, 0.3) is 0 Å². The molecule has 0 spiro atoms. The third-order valence-electron chi connectivity index (χ3n) is 17.3. The average Bonchev–Trinajstić information content (AvgIpc) is 3.57. The predicted molar refractivity (Wildman–Crippen MR) is 382 cm³/mol. The molecule has 0 saturated carbocycles. The Hall–Kier alpha value is -7.94. The first-order valence-corrected chi connectivity index (χ1v) is 32.9. The van der Waals surface area contributed by atoms with Crippen LogP contribution in [-0.4, -0.2) is 6.88 Å². The SMILES string of the molecule is CC(C)c1cc2c(-c3c4ccccc4cc4ccccc34)ccc(-c3c4ccccc4cc4ccccc34)c2[cH-]1.CC(C)c1cc2c(-c3c4ccccc4cc4ccccc34)ccc(-c3c4ccccc4cc4ccccc34)c2[cH-]1.Cl.Cl.[CH3-].[CH3-].[Si]=[Zr]. The second-order valence-corrected chi connectivity index (χ2v) is 22.6. The first-order chi connectivity index (χ1) is 40.3. The van der Waals surface area contributed by atoms with Crippen LogP contribution in [-0.2, 0) is 23.3 Å². The zero-order chi connectivity index (χ0) is 55.6. The Morgan fingerprint density at radius 3 is 0.651 bits per heavy atom. The third kappa shape index (κ3) is 10.5. The van der Waals surface area contributed by atoms with Crippen molar-refractivity contribution in [2.45, 2.75) is 39.5 Å². The van der Waals surface area contributed by atoms with Crippen LogP contribution in [0.3, 0.4) is 0 Å². The Kier molecular flexibility index (Phi) is 18.2. The molecule has 0 amide bonds. The summed E-state index contributed by atoms with van der Waals surface area (Å²) in [5.41, 5.74) is 13.3. The Balaban J connectivity index is 0.000000178. The quantitative estimate of drug-likeness (QED) is 0.0884. The van der Waals surface area contributed by atoms with Crippen LogP contribution in [0, 0.1) is 14.9 Å². The van der Waals surface area contributed by atoms with Gasteiger partial charge in [0, 0.05) is 0 Å². The molecule has 0 N–H and O–H groups in total. The van der Waals surface area contributed by atoms with E-state index in [0.29, 0.717) is 11.8 Å². The predicted octanol–water partition coefficient (Wildman–Crippen LogP) is 24.6. The van der Waals surface area contributed by atoms with Gasteiger partial charge in [-0.3, -0.25) is 0 Å². The fourth-order valence-electron chi connectivity index (χ4n) is 13.4. The minimum atomic E-state index is 0. The molecule has 0 fully saturated rings. The fraction of sp³-hybridized carbons (Fsp3) is 0.0732. The van der Waals surface area contributed by atoms with Gasteiger partial charge in [0.05, 0.1) is 0 Å². The average molecular weight is 1240 g/mol. The van der Waals surface area contributed by atoms with Crippen LogP contribution < -0.4 is 0 Å². The maximum atomic E-state index is 3.06. The van der Waals surface area contributed by atoms with E-state index < -0.39 is 0 Å². The summed E-state index contributed by atoms with van der Waals surface area (Å²) < 4.78 is 0. The summed E-state index contributed by atoms with van der Waals surface area (Å²) in [4.78, 5) is 0. The Morgan fingerprint density at radius 1 is 0.256 bits per heavy atom. The minimum absolute atomic E-state index is 0. The first kappa shape index (κ1) is 61.2. The molecule has 0 atom stereocenters. The van der Waals surface area contributed by atoms with Crippen molar-refractivity contribution in [1.82, 2.24) is 0 Å². The number of benzene rings is 14. The van der Waals surface area contributed by atoms with Crippen molar-refractivity contribution in [3.05, 3.63) is 293 Å². The van der Waals surface area contributed by atoms with Gasteiger partial charge in [0.15, 0.2) is 0 Å². The van der Waals surface area contributed by atoms with E-state index in [0.717, 1.165) is 0 Å². The summed E-state index contributed by atoms with van der Waals surface area (Å²) in [5, 5.41) is 26.0.